The number of aromatic amines is 1. The van der Waals surface area contributed by atoms with E-state index < -0.39 is 5.91 Å². The van der Waals surface area contributed by atoms with Crippen molar-refractivity contribution in [3.05, 3.63) is 58.5 Å². The SMILES string of the molecule is O=C(Nc1cccc(N2CCN(CC3CC3)CC2)c1)c1ccc[nH]c1=O. The topological polar surface area (TPSA) is 68.4 Å². The number of hydrogen-bond donors (Lipinski definition) is 2. The van der Waals surface area contributed by atoms with E-state index in [9.17, 15) is 9.59 Å². The van der Waals surface area contributed by atoms with Gasteiger partial charge in [0.15, 0.2) is 0 Å². The molecule has 2 aliphatic rings. The van der Waals surface area contributed by atoms with Gasteiger partial charge in [-0.25, -0.2) is 0 Å². The number of rotatable bonds is 5. The zero-order valence-electron chi connectivity index (χ0n) is 14.8. The molecule has 1 saturated heterocycles. The van der Waals surface area contributed by atoms with Gasteiger partial charge in [0.2, 0.25) is 0 Å². The predicted molar refractivity (Wildman–Crippen MR) is 103 cm³/mol. The number of aromatic nitrogens is 1. The summed E-state index contributed by atoms with van der Waals surface area (Å²) < 4.78 is 0. The lowest BCUT2D eigenvalue weighted by molar-refractivity contribution is 0.102. The summed E-state index contributed by atoms with van der Waals surface area (Å²) in [6.07, 6.45) is 4.31. The third kappa shape index (κ3) is 3.96. The van der Waals surface area contributed by atoms with Crippen molar-refractivity contribution in [1.29, 1.82) is 0 Å². The summed E-state index contributed by atoms with van der Waals surface area (Å²) in [6, 6.07) is 11.0. The smallest absolute Gasteiger partial charge is 0.261 e. The first-order valence-corrected chi connectivity index (χ1v) is 9.25. The fourth-order valence-corrected chi connectivity index (χ4v) is 3.43. The Bertz CT molecular complexity index is 835. The molecule has 2 N–H and O–H groups in total. The van der Waals surface area contributed by atoms with Crippen molar-refractivity contribution in [2.75, 3.05) is 42.9 Å². The van der Waals surface area contributed by atoms with E-state index in [1.807, 2.05) is 18.2 Å². The quantitative estimate of drug-likeness (QED) is 0.865. The van der Waals surface area contributed by atoms with Crippen LogP contribution in [0.5, 0.6) is 0 Å². The van der Waals surface area contributed by atoms with Crippen LogP contribution in [0.4, 0.5) is 11.4 Å². The van der Waals surface area contributed by atoms with Gasteiger partial charge in [-0.05, 0) is 49.1 Å². The molecular weight excluding hydrogens is 328 g/mol. The van der Waals surface area contributed by atoms with Gasteiger partial charge >= 0.3 is 0 Å². The van der Waals surface area contributed by atoms with Crippen LogP contribution >= 0.6 is 0 Å². The summed E-state index contributed by atoms with van der Waals surface area (Å²) in [6.45, 7) is 5.43. The van der Waals surface area contributed by atoms with Crippen molar-refractivity contribution in [3.63, 3.8) is 0 Å². The Labute approximate surface area is 152 Å². The number of nitrogens with one attached hydrogen (secondary N) is 2. The molecule has 0 unspecified atom stereocenters. The van der Waals surface area contributed by atoms with Crippen molar-refractivity contribution >= 4 is 17.3 Å². The van der Waals surface area contributed by atoms with E-state index in [0.29, 0.717) is 5.69 Å². The number of carbonyl (C=O) groups excluding carboxylic acids is 1. The number of amides is 1. The van der Waals surface area contributed by atoms with Crippen LogP contribution in [0.3, 0.4) is 0 Å². The van der Waals surface area contributed by atoms with Gasteiger partial charge in [-0.3, -0.25) is 14.5 Å². The molecule has 1 aromatic carbocycles. The van der Waals surface area contributed by atoms with Gasteiger partial charge in [-0.1, -0.05) is 6.07 Å². The standard InChI is InChI=1S/C20H24N4O2/c25-19-18(5-2-8-21-19)20(26)22-16-3-1-4-17(13-16)24-11-9-23(10-12-24)14-15-6-7-15/h1-5,8,13,15H,6-7,9-12,14H2,(H,21,25)(H,22,26). The average molecular weight is 352 g/mol. The molecular formula is C20H24N4O2. The minimum Gasteiger partial charge on any atom is -0.369 e. The Kier molecular flexibility index (Phi) is 4.75. The number of benzene rings is 1. The summed E-state index contributed by atoms with van der Waals surface area (Å²) >= 11 is 0. The number of pyridine rings is 1. The van der Waals surface area contributed by atoms with Gasteiger partial charge in [-0.15, -0.1) is 0 Å². The second-order valence-electron chi connectivity index (χ2n) is 7.15. The van der Waals surface area contributed by atoms with Gasteiger partial charge in [0, 0.05) is 50.3 Å². The maximum absolute atomic E-state index is 12.3. The fourth-order valence-electron chi connectivity index (χ4n) is 3.43. The Morgan fingerprint density at radius 2 is 1.92 bits per heavy atom. The Morgan fingerprint density at radius 1 is 1.12 bits per heavy atom. The zero-order valence-corrected chi connectivity index (χ0v) is 14.8. The van der Waals surface area contributed by atoms with Crippen LogP contribution in [0.1, 0.15) is 23.2 Å². The van der Waals surface area contributed by atoms with E-state index >= 15 is 0 Å². The van der Waals surface area contributed by atoms with Crippen LogP contribution in [0.25, 0.3) is 0 Å². The highest BCUT2D eigenvalue weighted by Gasteiger charge is 2.26. The molecule has 0 radical (unpaired) electrons. The predicted octanol–water partition coefficient (Wildman–Crippen LogP) is 2.16. The molecule has 0 atom stereocenters. The Hall–Kier alpha value is -2.60. The molecule has 1 saturated carbocycles. The number of hydrogen-bond acceptors (Lipinski definition) is 4. The maximum atomic E-state index is 12.3. The van der Waals surface area contributed by atoms with Gasteiger partial charge < -0.3 is 15.2 Å². The van der Waals surface area contributed by atoms with Crippen molar-refractivity contribution in [2.24, 2.45) is 5.92 Å². The number of piperazine rings is 1. The van der Waals surface area contributed by atoms with Gasteiger partial charge in [0.05, 0.1) is 0 Å². The van der Waals surface area contributed by atoms with E-state index in [2.05, 4.69) is 26.2 Å². The summed E-state index contributed by atoms with van der Waals surface area (Å²) in [5.41, 5.74) is 1.55. The van der Waals surface area contributed by atoms with Gasteiger partial charge in [0.1, 0.15) is 5.56 Å². The number of carbonyl (C=O) groups is 1. The first-order chi connectivity index (χ1) is 12.7. The molecule has 1 aliphatic heterocycles. The Morgan fingerprint density at radius 3 is 2.65 bits per heavy atom. The normalized spacial score (nSPS) is 17.9. The molecule has 6 heteroatoms. The minimum absolute atomic E-state index is 0.117. The van der Waals surface area contributed by atoms with E-state index in [-0.39, 0.29) is 11.1 Å². The number of anilines is 2. The molecule has 4 rings (SSSR count). The van der Waals surface area contributed by atoms with Crippen LogP contribution in [-0.4, -0.2) is 48.5 Å². The molecule has 6 nitrogen and oxygen atoms in total. The molecule has 136 valence electrons. The molecule has 1 amide bonds. The first kappa shape index (κ1) is 16.8. The van der Waals surface area contributed by atoms with E-state index in [0.717, 1.165) is 37.8 Å². The first-order valence-electron chi connectivity index (χ1n) is 9.25. The van der Waals surface area contributed by atoms with Crippen molar-refractivity contribution in [2.45, 2.75) is 12.8 Å². The fraction of sp³-hybridized carbons (Fsp3) is 0.400. The maximum Gasteiger partial charge on any atom is 0.261 e. The van der Waals surface area contributed by atoms with Crippen LogP contribution in [0, 0.1) is 5.92 Å². The Balaban J connectivity index is 1.39. The largest absolute Gasteiger partial charge is 0.369 e. The van der Waals surface area contributed by atoms with Crippen molar-refractivity contribution in [1.82, 2.24) is 9.88 Å². The van der Waals surface area contributed by atoms with E-state index in [1.54, 1.807) is 6.07 Å². The minimum atomic E-state index is -0.391. The molecule has 0 spiro atoms. The average Bonchev–Trinajstić information content (AvgIpc) is 3.47. The third-order valence-corrected chi connectivity index (χ3v) is 5.12. The molecule has 26 heavy (non-hydrogen) atoms. The summed E-state index contributed by atoms with van der Waals surface area (Å²) in [7, 11) is 0. The lowest BCUT2D eigenvalue weighted by atomic mass is 10.2. The molecule has 1 aliphatic carbocycles. The van der Waals surface area contributed by atoms with Crippen LogP contribution in [0.15, 0.2) is 47.4 Å². The third-order valence-electron chi connectivity index (χ3n) is 5.12. The highest BCUT2D eigenvalue weighted by atomic mass is 16.2. The summed E-state index contributed by atoms with van der Waals surface area (Å²) in [5, 5.41) is 2.83. The molecule has 1 aromatic heterocycles. The van der Waals surface area contributed by atoms with Crippen molar-refractivity contribution < 1.29 is 4.79 Å². The highest BCUT2D eigenvalue weighted by Crippen LogP contribution is 2.30. The second-order valence-corrected chi connectivity index (χ2v) is 7.15. The van der Waals surface area contributed by atoms with Crippen LogP contribution in [-0.2, 0) is 0 Å². The van der Waals surface area contributed by atoms with E-state index in [1.165, 1.54) is 31.6 Å². The highest BCUT2D eigenvalue weighted by molar-refractivity contribution is 6.04. The molecule has 0 bridgehead atoms. The lowest BCUT2D eigenvalue weighted by Gasteiger charge is -2.36. The van der Waals surface area contributed by atoms with Gasteiger partial charge in [0.25, 0.3) is 11.5 Å². The van der Waals surface area contributed by atoms with Crippen LogP contribution < -0.4 is 15.8 Å². The van der Waals surface area contributed by atoms with Gasteiger partial charge in [-0.2, -0.15) is 0 Å². The molecule has 2 fully saturated rings. The zero-order chi connectivity index (χ0) is 17.9. The molecule has 2 aromatic rings. The second kappa shape index (κ2) is 7.33. The number of nitrogens with zero attached hydrogens (tertiary/aromatic N) is 2. The monoisotopic (exact) mass is 352 g/mol. The lowest BCUT2D eigenvalue weighted by Crippen LogP contribution is -2.47. The number of H-pyrrole nitrogens is 1. The summed E-state index contributed by atoms with van der Waals surface area (Å²) in [4.78, 5) is 31.5. The molecule has 2 heterocycles. The van der Waals surface area contributed by atoms with Crippen LogP contribution in [0.2, 0.25) is 0 Å². The van der Waals surface area contributed by atoms with Crippen molar-refractivity contribution in [3.8, 4) is 0 Å². The van der Waals surface area contributed by atoms with E-state index in [4.69, 9.17) is 0 Å². The summed E-state index contributed by atoms with van der Waals surface area (Å²) in [5.74, 6) is 0.541.